The molecule has 0 aromatic heterocycles. The summed E-state index contributed by atoms with van der Waals surface area (Å²) in [6, 6.07) is 8.12. The Morgan fingerprint density at radius 1 is 0.808 bits per heavy atom. The monoisotopic (exact) mass is 726 g/mol. The number of ether oxygens (including phenoxy) is 7. The molecule has 1 aliphatic heterocycles. The summed E-state index contributed by atoms with van der Waals surface area (Å²) >= 11 is 0. The Morgan fingerprint density at radius 3 is 2.02 bits per heavy atom. The van der Waals surface area contributed by atoms with E-state index in [2.05, 4.69) is 0 Å². The van der Waals surface area contributed by atoms with Crippen LogP contribution in [0.15, 0.2) is 30.3 Å². The SMILES string of the molecule is CCC(=O)OC1C(C)CC2(OC(C)=O)C(OC(C)=O)[C@@]3(C)OC[C@]4(C(=O)C(OC(=O)c5ccccc5)[C@@H]5C[C@](C)(OC(C)=O)[C@@H]5[C@H]43)[C@H](OC(C)=O)[C@@H]12. The van der Waals surface area contributed by atoms with E-state index in [0.29, 0.717) is 0 Å². The van der Waals surface area contributed by atoms with Crippen LogP contribution in [-0.4, -0.2) is 89.4 Å². The Morgan fingerprint density at radius 2 is 1.44 bits per heavy atom. The fourth-order valence-electron chi connectivity index (χ4n) is 10.7. The third kappa shape index (κ3) is 5.50. The molecule has 4 saturated carbocycles. The quantitative estimate of drug-likeness (QED) is 0.281. The van der Waals surface area contributed by atoms with Gasteiger partial charge in [0.2, 0.25) is 0 Å². The first-order valence-electron chi connectivity index (χ1n) is 17.7. The van der Waals surface area contributed by atoms with Crippen molar-refractivity contribution in [1.82, 2.24) is 0 Å². The molecular weight excluding hydrogens is 680 g/mol. The van der Waals surface area contributed by atoms with Gasteiger partial charge in [-0.05, 0) is 44.7 Å². The van der Waals surface area contributed by atoms with Crippen LogP contribution in [0.1, 0.15) is 85.0 Å². The Bertz CT molecular complexity index is 1690. The molecule has 0 radical (unpaired) electrons. The molecule has 13 atom stereocenters. The summed E-state index contributed by atoms with van der Waals surface area (Å²) in [5.41, 5.74) is -6.46. The first-order chi connectivity index (χ1) is 24.4. The number of rotatable bonds is 8. The number of ketones is 1. The Kier molecular flexibility index (Phi) is 9.33. The highest BCUT2D eigenvalue weighted by Crippen LogP contribution is 2.73. The number of hydrogen-bond donors (Lipinski definition) is 0. The van der Waals surface area contributed by atoms with E-state index >= 15 is 4.79 Å². The molecule has 1 aromatic rings. The molecular formula is C38H46O14. The highest BCUT2D eigenvalue weighted by atomic mass is 16.6. The predicted molar refractivity (Wildman–Crippen MR) is 176 cm³/mol. The minimum atomic E-state index is -1.88. The van der Waals surface area contributed by atoms with Gasteiger partial charge in [-0.25, -0.2) is 4.79 Å². The van der Waals surface area contributed by atoms with E-state index in [1.165, 1.54) is 20.8 Å². The fourth-order valence-corrected chi connectivity index (χ4v) is 10.7. The highest BCUT2D eigenvalue weighted by Gasteiger charge is 2.86. The summed E-state index contributed by atoms with van der Waals surface area (Å²) in [5.74, 6) is -9.31. The van der Waals surface area contributed by atoms with Gasteiger partial charge in [-0.3, -0.25) is 28.8 Å². The van der Waals surface area contributed by atoms with Crippen molar-refractivity contribution in [3.63, 3.8) is 0 Å². The molecule has 52 heavy (non-hydrogen) atoms. The van der Waals surface area contributed by atoms with Crippen molar-refractivity contribution >= 4 is 41.6 Å². The minimum Gasteiger partial charge on any atom is -0.461 e. The van der Waals surface area contributed by atoms with Crippen molar-refractivity contribution < 1.29 is 66.7 Å². The summed E-state index contributed by atoms with van der Waals surface area (Å²) in [6.07, 6.45) is -5.43. The van der Waals surface area contributed by atoms with Crippen LogP contribution in [0.5, 0.6) is 0 Å². The van der Waals surface area contributed by atoms with Gasteiger partial charge in [0.15, 0.2) is 23.6 Å². The van der Waals surface area contributed by atoms with Crippen LogP contribution < -0.4 is 0 Å². The van der Waals surface area contributed by atoms with Crippen molar-refractivity contribution in [2.45, 2.75) is 116 Å². The summed E-state index contributed by atoms with van der Waals surface area (Å²) in [7, 11) is 0. The van der Waals surface area contributed by atoms with E-state index in [4.69, 9.17) is 33.2 Å². The summed E-state index contributed by atoms with van der Waals surface area (Å²) < 4.78 is 43.5. The van der Waals surface area contributed by atoms with Gasteiger partial charge in [-0.1, -0.05) is 32.0 Å². The normalized spacial score (nSPS) is 41.1. The number of carbonyl (C=O) groups is 7. The third-order valence-corrected chi connectivity index (χ3v) is 12.1. The van der Waals surface area contributed by atoms with Crippen LogP contribution in [0, 0.1) is 35.0 Å². The van der Waals surface area contributed by atoms with E-state index in [9.17, 15) is 28.8 Å². The van der Waals surface area contributed by atoms with Crippen molar-refractivity contribution in [2.75, 3.05) is 6.61 Å². The third-order valence-electron chi connectivity index (χ3n) is 12.1. The smallest absolute Gasteiger partial charge is 0.338 e. The molecule has 6 rings (SSSR count). The predicted octanol–water partition coefficient (Wildman–Crippen LogP) is 3.30. The van der Waals surface area contributed by atoms with Crippen LogP contribution >= 0.6 is 0 Å². The Balaban J connectivity index is 1.66. The molecule has 5 unspecified atom stereocenters. The average molecular weight is 727 g/mol. The van der Waals surface area contributed by atoms with Gasteiger partial charge in [0.25, 0.3) is 0 Å². The first-order valence-corrected chi connectivity index (χ1v) is 17.7. The van der Waals surface area contributed by atoms with Gasteiger partial charge < -0.3 is 33.2 Å². The highest BCUT2D eigenvalue weighted by molar-refractivity contribution is 5.97. The second-order valence-electron chi connectivity index (χ2n) is 15.4. The van der Waals surface area contributed by atoms with Crippen molar-refractivity contribution in [3.8, 4) is 0 Å². The zero-order valence-corrected chi connectivity index (χ0v) is 30.6. The summed E-state index contributed by atoms with van der Waals surface area (Å²) in [6.45, 7) is 11.1. The second kappa shape index (κ2) is 13.0. The van der Waals surface area contributed by atoms with Gasteiger partial charge >= 0.3 is 35.8 Å². The second-order valence-corrected chi connectivity index (χ2v) is 15.4. The van der Waals surface area contributed by atoms with E-state index < -0.39 is 124 Å². The zero-order valence-electron chi connectivity index (χ0n) is 30.6. The molecule has 1 saturated heterocycles. The first kappa shape index (κ1) is 37.4. The van der Waals surface area contributed by atoms with Crippen LogP contribution in [-0.2, 0) is 61.9 Å². The Hall–Kier alpha value is -4.33. The molecule has 0 spiro atoms. The molecule has 1 aromatic carbocycles. The van der Waals surface area contributed by atoms with Gasteiger partial charge in [0.1, 0.15) is 23.4 Å². The number of Topliss-reactive ketones (excluding diaryl/α,β-unsaturated/α-hetero) is 1. The maximum atomic E-state index is 15.5. The molecule has 282 valence electrons. The number of fused-ring (bicyclic) bond motifs is 2. The largest absolute Gasteiger partial charge is 0.461 e. The number of hydrogen-bond acceptors (Lipinski definition) is 14. The van der Waals surface area contributed by atoms with Crippen LogP contribution in [0.2, 0.25) is 0 Å². The van der Waals surface area contributed by atoms with E-state index in [1.54, 1.807) is 58.0 Å². The molecule has 14 heteroatoms. The van der Waals surface area contributed by atoms with Crippen LogP contribution in [0.4, 0.5) is 0 Å². The lowest BCUT2D eigenvalue weighted by Crippen LogP contribution is -2.75. The van der Waals surface area contributed by atoms with Crippen molar-refractivity contribution in [3.05, 3.63) is 35.9 Å². The number of carbonyl (C=O) groups excluding carboxylic acids is 7. The van der Waals surface area contributed by atoms with Gasteiger partial charge in [-0.15, -0.1) is 0 Å². The van der Waals surface area contributed by atoms with Gasteiger partial charge in [-0.2, -0.15) is 0 Å². The van der Waals surface area contributed by atoms with E-state index in [0.717, 1.165) is 6.92 Å². The maximum absolute atomic E-state index is 15.5. The van der Waals surface area contributed by atoms with Gasteiger partial charge in [0.05, 0.1) is 23.5 Å². The van der Waals surface area contributed by atoms with Crippen molar-refractivity contribution in [2.24, 2.45) is 35.0 Å². The lowest BCUT2D eigenvalue weighted by molar-refractivity contribution is -0.258. The van der Waals surface area contributed by atoms with E-state index in [1.807, 2.05) is 0 Å². The van der Waals surface area contributed by atoms with Gasteiger partial charge in [0, 0.05) is 51.9 Å². The van der Waals surface area contributed by atoms with Crippen LogP contribution in [0.25, 0.3) is 0 Å². The number of esters is 6. The maximum Gasteiger partial charge on any atom is 0.338 e. The molecule has 0 N–H and O–H groups in total. The van der Waals surface area contributed by atoms with Crippen LogP contribution in [0.3, 0.4) is 0 Å². The number of benzene rings is 1. The summed E-state index contributed by atoms with van der Waals surface area (Å²) in [4.78, 5) is 94.4. The molecule has 2 bridgehead atoms. The molecule has 5 fully saturated rings. The molecule has 14 nitrogen and oxygen atoms in total. The molecule has 0 amide bonds. The molecule has 5 aliphatic rings. The summed E-state index contributed by atoms with van der Waals surface area (Å²) in [5, 5.41) is 0. The zero-order chi connectivity index (χ0) is 38.1. The molecule has 4 aliphatic carbocycles. The minimum absolute atomic E-state index is 0.0162. The standard InChI is InChI=1S/C38H46O14/c1-9-25(43)49-28-18(2)15-38(52-22(6)42)27(28)32(47-19(3)39)37-17-46-36(8,34(38)48-20(4)40)30(37)26-24(16-35(26,7)51-21(5)41)29(31(37)44)50-33(45)23-13-11-10-12-14-23/h10-14,18,24,26-30,32,34H,9,15-17H2,1-8H3/t18?,24-,26+,27-,28?,29?,30+,32-,34?,35+,36+,37+,38?/m1/s1. The lowest BCUT2D eigenvalue weighted by atomic mass is 9.42. The Labute approximate surface area is 301 Å². The fraction of sp³-hybridized carbons (Fsp3) is 0.658. The van der Waals surface area contributed by atoms with E-state index in [-0.39, 0.29) is 24.8 Å². The molecule has 1 heterocycles. The lowest BCUT2D eigenvalue weighted by Gasteiger charge is -2.64. The average Bonchev–Trinajstić information content (AvgIpc) is 3.48. The van der Waals surface area contributed by atoms with Crippen molar-refractivity contribution in [1.29, 1.82) is 0 Å². The topological polar surface area (TPSA) is 184 Å².